The number of hydrogen-bond donors (Lipinski definition) is 1. The van der Waals surface area contributed by atoms with Crippen LogP contribution >= 0.6 is 11.3 Å². The highest BCUT2D eigenvalue weighted by Gasteiger charge is 2.07. The maximum absolute atomic E-state index is 4.61. The van der Waals surface area contributed by atoms with E-state index in [0.717, 1.165) is 23.6 Å². The van der Waals surface area contributed by atoms with Crippen LogP contribution in [-0.2, 0) is 0 Å². The lowest BCUT2D eigenvalue weighted by Gasteiger charge is -2.15. The van der Waals surface area contributed by atoms with E-state index < -0.39 is 0 Å². The highest BCUT2D eigenvalue weighted by Crippen LogP contribution is 2.27. The fourth-order valence-corrected chi connectivity index (χ4v) is 2.90. The average Bonchev–Trinajstić information content (AvgIpc) is 2.67. The summed E-state index contributed by atoms with van der Waals surface area (Å²) in [5, 5.41) is 4.52. The second kappa shape index (κ2) is 5.67. The van der Waals surface area contributed by atoms with Gasteiger partial charge in [0.15, 0.2) is 5.13 Å². The molecule has 0 spiro atoms. The molecule has 1 aromatic heterocycles. The molecule has 0 amide bonds. The van der Waals surface area contributed by atoms with Crippen molar-refractivity contribution < 1.29 is 0 Å². The molecule has 98 valence electrons. The van der Waals surface area contributed by atoms with Gasteiger partial charge in [-0.3, -0.25) is 0 Å². The number of anilines is 1. The van der Waals surface area contributed by atoms with Gasteiger partial charge in [-0.15, -0.1) is 0 Å². The number of rotatable bonds is 5. The summed E-state index contributed by atoms with van der Waals surface area (Å²) in [4.78, 5) is 6.82. The molecule has 1 unspecified atom stereocenters. The van der Waals surface area contributed by atoms with Gasteiger partial charge in [0, 0.05) is 6.04 Å². The Balaban J connectivity index is 2.03. The summed E-state index contributed by atoms with van der Waals surface area (Å²) >= 11 is 1.74. The molecule has 1 heterocycles. The van der Waals surface area contributed by atoms with Gasteiger partial charge in [0.1, 0.15) is 0 Å². The molecule has 1 atom stereocenters. The summed E-state index contributed by atoms with van der Waals surface area (Å²) in [7, 11) is 4.21. The number of fused-ring (bicyclic) bond motifs is 1. The van der Waals surface area contributed by atoms with Crippen LogP contribution in [0, 0.1) is 6.92 Å². The summed E-state index contributed by atoms with van der Waals surface area (Å²) in [6.45, 7) is 5.42. The molecule has 1 aromatic carbocycles. The summed E-state index contributed by atoms with van der Waals surface area (Å²) < 4.78 is 1.26. The van der Waals surface area contributed by atoms with Crippen LogP contribution in [0.4, 0.5) is 5.13 Å². The van der Waals surface area contributed by atoms with E-state index in [0.29, 0.717) is 6.04 Å². The van der Waals surface area contributed by atoms with E-state index in [1.807, 2.05) is 0 Å². The van der Waals surface area contributed by atoms with Crippen LogP contribution in [0.25, 0.3) is 10.2 Å². The predicted octanol–water partition coefficient (Wildman–Crippen LogP) is 3.36. The van der Waals surface area contributed by atoms with Gasteiger partial charge in [0.05, 0.1) is 10.2 Å². The number of aryl methyl sites for hydroxylation is 1. The number of aromatic nitrogens is 1. The predicted molar refractivity (Wildman–Crippen MR) is 80.6 cm³/mol. The first-order chi connectivity index (χ1) is 8.54. The minimum Gasteiger partial charge on any atom is -0.359 e. The summed E-state index contributed by atoms with van der Waals surface area (Å²) in [5.41, 5.74) is 2.38. The SMILES string of the molecule is Cc1ccc2nc(NC(C)CCN(C)C)sc2c1. The van der Waals surface area contributed by atoms with E-state index in [1.54, 1.807) is 11.3 Å². The first kappa shape index (κ1) is 13.3. The van der Waals surface area contributed by atoms with Crippen LogP contribution in [0.5, 0.6) is 0 Å². The normalized spacial score (nSPS) is 13.2. The van der Waals surface area contributed by atoms with E-state index in [4.69, 9.17) is 0 Å². The zero-order chi connectivity index (χ0) is 13.1. The Morgan fingerprint density at radius 1 is 1.39 bits per heavy atom. The fourth-order valence-electron chi connectivity index (χ4n) is 1.83. The van der Waals surface area contributed by atoms with Gasteiger partial charge in [-0.05, 0) is 58.6 Å². The minimum absolute atomic E-state index is 0.453. The van der Waals surface area contributed by atoms with Crippen LogP contribution in [0.2, 0.25) is 0 Å². The number of benzene rings is 1. The van der Waals surface area contributed by atoms with Crippen molar-refractivity contribution in [3.63, 3.8) is 0 Å². The number of thiazole rings is 1. The minimum atomic E-state index is 0.453. The molecule has 0 fully saturated rings. The molecule has 2 aromatic rings. The molecule has 0 aliphatic rings. The van der Waals surface area contributed by atoms with Crippen LogP contribution in [0.3, 0.4) is 0 Å². The molecule has 0 aliphatic heterocycles. The zero-order valence-electron chi connectivity index (χ0n) is 11.5. The smallest absolute Gasteiger partial charge is 0.183 e. The van der Waals surface area contributed by atoms with Crippen molar-refractivity contribution in [1.29, 1.82) is 0 Å². The van der Waals surface area contributed by atoms with Crippen molar-refractivity contribution in [2.24, 2.45) is 0 Å². The molecular weight excluding hydrogens is 242 g/mol. The quantitative estimate of drug-likeness (QED) is 0.896. The first-order valence-corrected chi connectivity index (χ1v) is 7.14. The van der Waals surface area contributed by atoms with Gasteiger partial charge in [-0.2, -0.15) is 0 Å². The molecule has 18 heavy (non-hydrogen) atoms. The van der Waals surface area contributed by atoms with Gasteiger partial charge >= 0.3 is 0 Å². The van der Waals surface area contributed by atoms with Crippen LogP contribution in [0.15, 0.2) is 18.2 Å². The Hall–Kier alpha value is -1.13. The van der Waals surface area contributed by atoms with E-state index in [2.05, 4.69) is 61.3 Å². The Morgan fingerprint density at radius 3 is 2.89 bits per heavy atom. The molecule has 0 bridgehead atoms. The molecular formula is C14H21N3S. The van der Waals surface area contributed by atoms with Crippen molar-refractivity contribution in [2.45, 2.75) is 26.3 Å². The van der Waals surface area contributed by atoms with Crippen molar-refractivity contribution in [2.75, 3.05) is 26.0 Å². The van der Waals surface area contributed by atoms with Gasteiger partial charge in [0.25, 0.3) is 0 Å². The van der Waals surface area contributed by atoms with Gasteiger partial charge in [0.2, 0.25) is 0 Å². The molecule has 0 saturated carbocycles. The van der Waals surface area contributed by atoms with Crippen molar-refractivity contribution in [3.05, 3.63) is 23.8 Å². The Labute approximate surface area is 113 Å². The van der Waals surface area contributed by atoms with Gasteiger partial charge in [-0.25, -0.2) is 4.98 Å². The maximum atomic E-state index is 4.61. The zero-order valence-corrected chi connectivity index (χ0v) is 12.3. The monoisotopic (exact) mass is 263 g/mol. The second-order valence-electron chi connectivity index (χ2n) is 5.13. The van der Waals surface area contributed by atoms with Gasteiger partial charge in [-0.1, -0.05) is 17.4 Å². The number of nitrogens with one attached hydrogen (secondary N) is 1. The van der Waals surface area contributed by atoms with Crippen molar-refractivity contribution in [3.8, 4) is 0 Å². The Bertz CT molecular complexity index is 519. The summed E-state index contributed by atoms with van der Waals surface area (Å²) in [6, 6.07) is 6.86. The topological polar surface area (TPSA) is 28.2 Å². The standard InChI is InChI=1S/C14H21N3S/c1-10-5-6-12-13(9-10)18-14(16-12)15-11(2)7-8-17(3)4/h5-6,9,11H,7-8H2,1-4H3,(H,15,16). The van der Waals surface area contributed by atoms with E-state index in [-0.39, 0.29) is 0 Å². The second-order valence-corrected chi connectivity index (χ2v) is 6.16. The van der Waals surface area contributed by atoms with Crippen molar-refractivity contribution in [1.82, 2.24) is 9.88 Å². The van der Waals surface area contributed by atoms with E-state index in [9.17, 15) is 0 Å². The third-order valence-corrected chi connectivity index (χ3v) is 3.87. The molecule has 0 aliphatic carbocycles. The molecule has 0 radical (unpaired) electrons. The maximum Gasteiger partial charge on any atom is 0.183 e. The Kier molecular flexibility index (Phi) is 4.19. The van der Waals surface area contributed by atoms with Crippen LogP contribution in [-0.4, -0.2) is 36.6 Å². The highest BCUT2D eigenvalue weighted by molar-refractivity contribution is 7.22. The number of nitrogens with zero attached hydrogens (tertiary/aromatic N) is 2. The van der Waals surface area contributed by atoms with Crippen molar-refractivity contribution >= 4 is 26.7 Å². The first-order valence-electron chi connectivity index (χ1n) is 6.33. The van der Waals surface area contributed by atoms with Crippen LogP contribution < -0.4 is 5.32 Å². The Morgan fingerprint density at radius 2 is 2.17 bits per heavy atom. The molecule has 3 nitrogen and oxygen atoms in total. The molecule has 1 N–H and O–H groups in total. The molecule has 0 saturated heterocycles. The lowest BCUT2D eigenvalue weighted by atomic mass is 10.2. The average molecular weight is 263 g/mol. The third kappa shape index (κ3) is 3.43. The summed E-state index contributed by atoms with van der Waals surface area (Å²) in [6.07, 6.45) is 1.13. The molecule has 4 heteroatoms. The lowest BCUT2D eigenvalue weighted by molar-refractivity contribution is 0.390. The van der Waals surface area contributed by atoms with E-state index >= 15 is 0 Å². The number of hydrogen-bond acceptors (Lipinski definition) is 4. The van der Waals surface area contributed by atoms with Gasteiger partial charge < -0.3 is 10.2 Å². The fraction of sp³-hybridized carbons (Fsp3) is 0.500. The molecule has 2 rings (SSSR count). The van der Waals surface area contributed by atoms with E-state index in [1.165, 1.54) is 10.3 Å². The lowest BCUT2D eigenvalue weighted by Crippen LogP contribution is -2.22. The highest BCUT2D eigenvalue weighted by atomic mass is 32.1. The third-order valence-electron chi connectivity index (χ3n) is 2.92. The van der Waals surface area contributed by atoms with Crippen LogP contribution in [0.1, 0.15) is 18.9 Å². The largest absolute Gasteiger partial charge is 0.359 e. The summed E-state index contributed by atoms with van der Waals surface area (Å²) in [5.74, 6) is 0.